The molecule has 17 heavy (non-hydrogen) atoms. The molecule has 0 heterocycles. The Labute approximate surface area is 101 Å². The van der Waals surface area contributed by atoms with E-state index in [2.05, 4.69) is 4.74 Å². The molecule has 0 radical (unpaired) electrons. The van der Waals surface area contributed by atoms with Gasteiger partial charge in [0.25, 0.3) is 0 Å². The van der Waals surface area contributed by atoms with Crippen LogP contribution < -0.4 is 0 Å². The van der Waals surface area contributed by atoms with Gasteiger partial charge in [-0.2, -0.15) is 0 Å². The summed E-state index contributed by atoms with van der Waals surface area (Å²) >= 11 is 0. The van der Waals surface area contributed by atoms with Crippen molar-refractivity contribution < 1.29 is 18.7 Å². The number of halogens is 1. The Morgan fingerprint density at radius 1 is 1.59 bits per heavy atom. The molecule has 0 aromatic rings. The molecular formula is C13H19FO3. The maximum atomic E-state index is 14.6. The van der Waals surface area contributed by atoms with Crippen LogP contribution in [-0.4, -0.2) is 24.5 Å². The summed E-state index contributed by atoms with van der Waals surface area (Å²) in [6.45, 7) is 1.95. The Balaban J connectivity index is 2.72. The summed E-state index contributed by atoms with van der Waals surface area (Å²) in [4.78, 5) is 22.8. The number of esters is 1. The SMILES string of the molecule is CC/C=C\C[C@@]1(F)C(=O)CC[C@@H]1CC(=O)OC. The second-order valence-electron chi connectivity index (χ2n) is 4.39. The van der Waals surface area contributed by atoms with Gasteiger partial charge < -0.3 is 4.74 Å². The molecule has 0 aromatic carbocycles. The van der Waals surface area contributed by atoms with E-state index in [1.807, 2.05) is 13.0 Å². The summed E-state index contributed by atoms with van der Waals surface area (Å²) in [7, 11) is 1.27. The highest BCUT2D eigenvalue weighted by Gasteiger charge is 2.50. The summed E-state index contributed by atoms with van der Waals surface area (Å²) in [5.74, 6) is -1.37. The van der Waals surface area contributed by atoms with Gasteiger partial charge in [-0.05, 0) is 12.8 Å². The highest BCUT2D eigenvalue weighted by molar-refractivity contribution is 5.90. The van der Waals surface area contributed by atoms with E-state index >= 15 is 0 Å². The predicted octanol–water partition coefficient (Wildman–Crippen LogP) is 2.59. The number of hydrogen-bond donors (Lipinski definition) is 0. The normalized spacial score (nSPS) is 28.9. The Kier molecular flexibility index (Phi) is 4.85. The van der Waals surface area contributed by atoms with Crippen LogP contribution in [0, 0.1) is 5.92 Å². The van der Waals surface area contributed by atoms with Crippen LogP contribution in [0.2, 0.25) is 0 Å². The second kappa shape index (κ2) is 5.94. The van der Waals surface area contributed by atoms with Crippen LogP contribution in [0.3, 0.4) is 0 Å². The molecule has 4 heteroatoms. The highest BCUT2D eigenvalue weighted by Crippen LogP contribution is 2.41. The number of allylic oxidation sites excluding steroid dienone is 2. The molecular weight excluding hydrogens is 223 g/mol. The largest absolute Gasteiger partial charge is 0.469 e. The molecule has 1 rings (SSSR count). The smallest absolute Gasteiger partial charge is 0.305 e. The van der Waals surface area contributed by atoms with Crippen molar-refractivity contribution in [1.82, 2.24) is 0 Å². The molecule has 0 saturated heterocycles. The first-order valence-corrected chi connectivity index (χ1v) is 5.98. The minimum absolute atomic E-state index is 0.0152. The monoisotopic (exact) mass is 242 g/mol. The Bertz CT molecular complexity index is 325. The molecule has 0 N–H and O–H groups in total. The lowest BCUT2D eigenvalue weighted by Crippen LogP contribution is -2.36. The molecule has 1 fully saturated rings. The lowest BCUT2D eigenvalue weighted by atomic mass is 9.86. The fraction of sp³-hybridized carbons (Fsp3) is 0.692. The summed E-state index contributed by atoms with van der Waals surface area (Å²) < 4.78 is 19.1. The van der Waals surface area contributed by atoms with Crippen LogP contribution in [0.1, 0.15) is 39.0 Å². The quantitative estimate of drug-likeness (QED) is 0.549. The van der Waals surface area contributed by atoms with E-state index < -0.39 is 17.6 Å². The Morgan fingerprint density at radius 2 is 2.29 bits per heavy atom. The third-order valence-electron chi connectivity index (χ3n) is 3.29. The van der Waals surface area contributed by atoms with Crippen LogP contribution in [0.4, 0.5) is 4.39 Å². The summed E-state index contributed by atoms with van der Waals surface area (Å²) in [6.07, 6.45) is 5.05. The van der Waals surface area contributed by atoms with E-state index in [1.54, 1.807) is 6.08 Å². The molecule has 96 valence electrons. The molecule has 0 unspecified atom stereocenters. The number of carbonyl (C=O) groups excluding carboxylic acids is 2. The lowest BCUT2D eigenvalue weighted by molar-refractivity contribution is -0.143. The van der Waals surface area contributed by atoms with Crippen molar-refractivity contribution in [2.24, 2.45) is 5.92 Å². The number of ether oxygens (including phenoxy) is 1. The van der Waals surface area contributed by atoms with Crippen molar-refractivity contribution in [2.75, 3.05) is 7.11 Å². The molecule has 3 nitrogen and oxygen atoms in total. The maximum Gasteiger partial charge on any atom is 0.305 e. The standard InChI is InChI=1S/C13H19FO3/c1-3-4-5-8-13(14)10(6-7-11(13)15)9-12(16)17-2/h4-5,10H,3,6-9H2,1-2H3/b5-4-/t10-,13+/m1/s1. The molecule has 0 aliphatic heterocycles. The molecule has 1 aliphatic carbocycles. The fourth-order valence-electron chi connectivity index (χ4n) is 2.22. The molecule has 1 aliphatic rings. The van der Waals surface area contributed by atoms with Gasteiger partial charge in [-0.15, -0.1) is 0 Å². The highest BCUT2D eigenvalue weighted by atomic mass is 19.1. The third kappa shape index (κ3) is 3.14. The van der Waals surface area contributed by atoms with Crippen molar-refractivity contribution in [3.63, 3.8) is 0 Å². The van der Waals surface area contributed by atoms with Crippen molar-refractivity contribution in [3.05, 3.63) is 12.2 Å². The first-order chi connectivity index (χ1) is 8.04. The summed E-state index contributed by atoms with van der Waals surface area (Å²) in [5.41, 5.74) is -1.88. The molecule has 1 saturated carbocycles. The first kappa shape index (κ1) is 13.9. The minimum Gasteiger partial charge on any atom is -0.469 e. The Hall–Kier alpha value is -1.19. The van der Waals surface area contributed by atoms with Crippen LogP contribution in [0.25, 0.3) is 0 Å². The van der Waals surface area contributed by atoms with E-state index in [4.69, 9.17) is 0 Å². The van der Waals surface area contributed by atoms with Gasteiger partial charge in [0.2, 0.25) is 0 Å². The van der Waals surface area contributed by atoms with Crippen molar-refractivity contribution in [2.45, 2.75) is 44.7 Å². The average Bonchev–Trinajstić information content (AvgIpc) is 2.58. The fourth-order valence-corrected chi connectivity index (χ4v) is 2.22. The molecule has 2 atom stereocenters. The van der Waals surface area contributed by atoms with Crippen molar-refractivity contribution in [1.29, 1.82) is 0 Å². The van der Waals surface area contributed by atoms with Gasteiger partial charge in [-0.25, -0.2) is 4.39 Å². The van der Waals surface area contributed by atoms with Gasteiger partial charge in [0.15, 0.2) is 11.5 Å². The van der Waals surface area contributed by atoms with Gasteiger partial charge in [0, 0.05) is 18.8 Å². The predicted molar refractivity (Wildman–Crippen MR) is 62.3 cm³/mol. The zero-order valence-corrected chi connectivity index (χ0v) is 10.4. The first-order valence-electron chi connectivity index (χ1n) is 5.98. The molecule has 0 aromatic heterocycles. The number of alkyl halides is 1. The van der Waals surface area contributed by atoms with E-state index in [1.165, 1.54) is 7.11 Å². The van der Waals surface area contributed by atoms with Crippen molar-refractivity contribution in [3.8, 4) is 0 Å². The number of ketones is 1. The number of methoxy groups -OCH3 is 1. The van der Waals surface area contributed by atoms with Crippen LogP contribution in [-0.2, 0) is 14.3 Å². The van der Waals surface area contributed by atoms with Gasteiger partial charge in [-0.1, -0.05) is 19.1 Å². The topological polar surface area (TPSA) is 43.4 Å². The number of carbonyl (C=O) groups is 2. The van der Waals surface area contributed by atoms with Gasteiger partial charge in [0.05, 0.1) is 13.5 Å². The molecule has 0 spiro atoms. The molecule has 0 bridgehead atoms. The number of rotatable bonds is 5. The Morgan fingerprint density at radius 3 is 2.88 bits per heavy atom. The zero-order chi connectivity index (χ0) is 12.9. The third-order valence-corrected chi connectivity index (χ3v) is 3.29. The van der Waals surface area contributed by atoms with Gasteiger partial charge in [0.1, 0.15) is 0 Å². The maximum absolute atomic E-state index is 14.6. The van der Waals surface area contributed by atoms with E-state index in [-0.39, 0.29) is 25.0 Å². The number of hydrogen-bond acceptors (Lipinski definition) is 3. The van der Waals surface area contributed by atoms with Crippen LogP contribution >= 0.6 is 0 Å². The van der Waals surface area contributed by atoms with E-state index in [9.17, 15) is 14.0 Å². The van der Waals surface area contributed by atoms with E-state index in [0.717, 1.165) is 6.42 Å². The molecule has 0 amide bonds. The average molecular weight is 242 g/mol. The van der Waals surface area contributed by atoms with Crippen LogP contribution in [0.5, 0.6) is 0 Å². The van der Waals surface area contributed by atoms with E-state index in [0.29, 0.717) is 6.42 Å². The zero-order valence-electron chi connectivity index (χ0n) is 10.4. The van der Waals surface area contributed by atoms with Gasteiger partial charge >= 0.3 is 5.97 Å². The minimum atomic E-state index is -1.88. The van der Waals surface area contributed by atoms with Gasteiger partial charge in [-0.3, -0.25) is 9.59 Å². The number of Topliss-reactive ketones (excluding diaryl/α,β-unsaturated/α-hetero) is 1. The summed E-state index contributed by atoms with van der Waals surface area (Å²) in [5, 5.41) is 0. The summed E-state index contributed by atoms with van der Waals surface area (Å²) in [6, 6.07) is 0. The van der Waals surface area contributed by atoms with Crippen molar-refractivity contribution >= 4 is 11.8 Å². The van der Waals surface area contributed by atoms with Crippen LogP contribution in [0.15, 0.2) is 12.2 Å². The second-order valence-corrected chi connectivity index (χ2v) is 4.39. The lowest BCUT2D eigenvalue weighted by Gasteiger charge is -2.23.